The highest BCUT2D eigenvalue weighted by molar-refractivity contribution is 6.06. The summed E-state index contributed by atoms with van der Waals surface area (Å²) in [6, 6.07) is 0.411. The molecule has 8 nitrogen and oxygen atoms in total. The van der Waals surface area contributed by atoms with Crippen LogP contribution in [0, 0.1) is 22.7 Å². The third kappa shape index (κ3) is 3.81. The van der Waals surface area contributed by atoms with Crippen LogP contribution in [0.15, 0.2) is 12.4 Å². The van der Waals surface area contributed by atoms with Gasteiger partial charge in [-0.15, -0.1) is 0 Å². The maximum atomic E-state index is 14.0. The molecular formula is C22H23F3N6O2. The SMILES string of the molecule is N#CC1CCN(C(=O)[C@H](NC(=O)c2c[nH]c3ncc(C4CC4)nc23)C2(C(F)(F)F)CC2)CC1. The molecule has 0 radical (unpaired) electrons. The number of hydrogen-bond donors (Lipinski definition) is 2. The Kier molecular flexibility index (Phi) is 5.06. The number of halogens is 3. The zero-order chi connectivity index (χ0) is 23.4. The number of fused-ring (bicyclic) bond motifs is 1. The van der Waals surface area contributed by atoms with Gasteiger partial charge in [0, 0.05) is 31.1 Å². The van der Waals surface area contributed by atoms with Crippen molar-refractivity contribution in [1.82, 2.24) is 25.2 Å². The van der Waals surface area contributed by atoms with Gasteiger partial charge in [-0.2, -0.15) is 18.4 Å². The lowest BCUT2D eigenvalue weighted by molar-refractivity contribution is -0.198. The maximum absolute atomic E-state index is 14.0. The molecule has 0 unspecified atom stereocenters. The molecule has 11 heteroatoms. The number of rotatable bonds is 5. The lowest BCUT2D eigenvalue weighted by Crippen LogP contribution is -2.58. The van der Waals surface area contributed by atoms with Crippen molar-refractivity contribution in [2.45, 2.75) is 56.7 Å². The fraction of sp³-hybridized carbons (Fsp3) is 0.591. The molecule has 5 rings (SSSR count). The van der Waals surface area contributed by atoms with Gasteiger partial charge in [0.15, 0.2) is 5.65 Å². The first-order valence-electron chi connectivity index (χ1n) is 11.1. The molecule has 3 aliphatic rings. The Morgan fingerprint density at radius 1 is 1.24 bits per heavy atom. The number of aromatic nitrogens is 3. The largest absolute Gasteiger partial charge is 0.396 e. The van der Waals surface area contributed by atoms with Crippen LogP contribution < -0.4 is 5.32 Å². The molecule has 0 spiro atoms. The number of amides is 2. The number of likely N-dealkylation sites (tertiary alicyclic amines) is 1. The number of nitriles is 1. The fourth-order valence-corrected chi connectivity index (χ4v) is 4.58. The van der Waals surface area contributed by atoms with Crippen LogP contribution >= 0.6 is 0 Å². The first kappa shape index (κ1) is 21.7. The molecule has 1 atom stereocenters. The van der Waals surface area contributed by atoms with Crippen molar-refractivity contribution in [1.29, 1.82) is 5.26 Å². The number of aromatic amines is 1. The highest BCUT2D eigenvalue weighted by atomic mass is 19.4. The van der Waals surface area contributed by atoms with Crippen LogP contribution in [-0.4, -0.2) is 57.0 Å². The monoisotopic (exact) mass is 460 g/mol. The summed E-state index contributed by atoms with van der Waals surface area (Å²) >= 11 is 0. The van der Waals surface area contributed by atoms with Crippen molar-refractivity contribution >= 4 is 23.0 Å². The lowest BCUT2D eigenvalue weighted by atomic mass is 9.91. The molecule has 2 aromatic heterocycles. The normalized spacial score (nSPS) is 21.5. The van der Waals surface area contributed by atoms with E-state index in [4.69, 9.17) is 5.26 Å². The van der Waals surface area contributed by atoms with Gasteiger partial charge in [-0.1, -0.05) is 0 Å². The number of carbonyl (C=O) groups excluding carboxylic acids is 2. The van der Waals surface area contributed by atoms with Crippen LogP contribution in [0.2, 0.25) is 0 Å². The molecule has 0 aromatic carbocycles. The Labute approximate surface area is 187 Å². The minimum atomic E-state index is -4.63. The summed E-state index contributed by atoms with van der Waals surface area (Å²) in [5, 5.41) is 11.5. The van der Waals surface area contributed by atoms with Gasteiger partial charge >= 0.3 is 6.18 Å². The summed E-state index contributed by atoms with van der Waals surface area (Å²) in [7, 11) is 0. The van der Waals surface area contributed by atoms with E-state index in [1.165, 1.54) is 11.1 Å². The molecule has 0 bridgehead atoms. The first-order chi connectivity index (χ1) is 15.7. The standard InChI is InChI=1S/C22H23F3N6O2/c23-22(24,25)21(5-6-21)17(20(33)31-7-3-12(9-26)4-8-31)30-19(32)14-10-27-18-16(14)29-15(11-28-18)13-1-2-13/h10-13,17H,1-8H2,(H,27,28)(H,30,32)/t17-/m0/s1. The Morgan fingerprint density at radius 2 is 1.94 bits per heavy atom. The van der Waals surface area contributed by atoms with Gasteiger partial charge in [-0.05, 0) is 38.5 Å². The van der Waals surface area contributed by atoms with E-state index < -0.39 is 29.4 Å². The topological polar surface area (TPSA) is 115 Å². The van der Waals surface area contributed by atoms with E-state index in [-0.39, 0.29) is 42.9 Å². The van der Waals surface area contributed by atoms with Crippen molar-refractivity contribution < 1.29 is 22.8 Å². The number of alkyl halides is 3. The van der Waals surface area contributed by atoms with Crippen molar-refractivity contribution in [3.63, 3.8) is 0 Å². The third-order valence-corrected chi connectivity index (χ3v) is 7.06. The summed E-state index contributed by atoms with van der Waals surface area (Å²) in [6.07, 6.45) is 0.710. The molecule has 3 fully saturated rings. The zero-order valence-electron chi connectivity index (χ0n) is 17.8. The average molecular weight is 460 g/mol. The molecule has 2 aliphatic carbocycles. The van der Waals surface area contributed by atoms with E-state index >= 15 is 0 Å². The second kappa shape index (κ2) is 7.71. The second-order valence-electron chi connectivity index (χ2n) is 9.26. The van der Waals surface area contributed by atoms with Crippen LogP contribution in [0.25, 0.3) is 11.2 Å². The molecule has 2 aromatic rings. The predicted molar refractivity (Wildman–Crippen MR) is 110 cm³/mol. The van der Waals surface area contributed by atoms with Crippen LogP contribution in [0.5, 0.6) is 0 Å². The minimum absolute atomic E-state index is 0.0685. The number of nitrogens with one attached hydrogen (secondary N) is 2. The summed E-state index contributed by atoms with van der Waals surface area (Å²) in [5.41, 5.74) is -0.808. The first-order valence-corrected chi connectivity index (χ1v) is 11.1. The van der Waals surface area contributed by atoms with Gasteiger partial charge in [-0.3, -0.25) is 9.59 Å². The third-order valence-electron chi connectivity index (χ3n) is 7.06. The Morgan fingerprint density at radius 3 is 2.52 bits per heavy atom. The number of carbonyl (C=O) groups is 2. The molecule has 1 saturated heterocycles. The summed E-state index contributed by atoms with van der Waals surface area (Å²) in [4.78, 5) is 39.3. The fourth-order valence-electron chi connectivity index (χ4n) is 4.58. The molecule has 3 heterocycles. The molecule has 2 amide bonds. The van der Waals surface area contributed by atoms with E-state index in [0.717, 1.165) is 18.5 Å². The van der Waals surface area contributed by atoms with Gasteiger partial charge in [-0.25, -0.2) is 9.97 Å². The molecule has 2 N–H and O–H groups in total. The maximum Gasteiger partial charge on any atom is 0.396 e. The van der Waals surface area contributed by atoms with Gasteiger partial charge in [0.05, 0.1) is 28.9 Å². The molecule has 33 heavy (non-hydrogen) atoms. The number of H-pyrrole nitrogens is 1. The number of hydrogen-bond acceptors (Lipinski definition) is 5. The molecular weight excluding hydrogens is 437 g/mol. The van der Waals surface area contributed by atoms with E-state index in [1.807, 2.05) is 0 Å². The molecule has 1 aliphatic heterocycles. The summed E-state index contributed by atoms with van der Waals surface area (Å²) < 4.78 is 42.0. The molecule has 2 saturated carbocycles. The Hall–Kier alpha value is -3.16. The van der Waals surface area contributed by atoms with Crippen LogP contribution in [0.3, 0.4) is 0 Å². The van der Waals surface area contributed by atoms with Gasteiger partial charge in [0.2, 0.25) is 5.91 Å². The van der Waals surface area contributed by atoms with Crippen LogP contribution in [-0.2, 0) is 4.79 Å². The zero-order valence-corrected chi connectivity index (χ0v) is 17.8. The van der Waals surface area contributed by atoms with Crippen molar-refractivity contribution in [2.75, 3.05) is 13.1 Å². The number of piperidine rings is 1. The van der Waals surface area contributed by atoms with E-state index in [0.29, 0.717) is 24.4 Å². The smallest absolute Gasteiger partial charge is 0.344 e. The van der Waals surface area contributed by atoms with E-state index in [2.05, 4.69) is 26.3 Å². The number of nitrogens with zero attached hydrogens (tertiary/aromatic N) is 4. The highest BCUT2D eigenvalue weighted by Gasteiger charge is 2.70. The lowest BCUT2D eigenvalue weighted by Gasteiger charge is -2.36. The Bertz CT molecular complexity index is 1140. The Balaban J connectivity index is 1.42. The van der Waals surface area contributed by atoms with Gasteiger partial charge < -0.3 is 15.2 Å². The van der Waals surface area contributed by atoms with E-state index in [1.54, 1.807) is 6.20 Å². The van der Waals surface area contributed by atoms with Crippen LogP contribution in [0.1, 0.15) is 60.5 Å². The van der Waals surface area contributed by atoms with Crippen molar-refractivity contribution in [2.24, 2.45) is 11.3 Å². The second-order valence-corrected chi connectivity index (χ2v) is 9.26. The van der Waals surface area contributed by atoms with E-state index in [9.17, 15) is 22.8 Å². The van der Waals surface area contributed by atoms with Gasteiger partial charge in [0.1, 0.15) is 11.6 Å². The van der Waals surface area contributed by atoms with Crippen molar-refractivity contribution in [3.05, 3.63) is 23.7 Å². The van der Waals surface area contributed by atoms with Gasteiger partial charge in [0.25, 0.3) is 5.91 Å². The molecule has 174 valence electrons. The average Bonchev–Trinajstić information content (AvgIpc) is 3.73. The van der Waals surface area contributed by atoms with Crippen LogP contribution in [0.4, 0.5) is 13.2 Å². The highest BCUT2D eigenvalue weighted by Crippen LogP contribution is 2.60. The quantitative estimate of drug-likeness (QED) is 0.712. The predicted octanol–water partition coefficient (Wildman–Crippen LogP) is 3.04. The summed E-state index contributed by atoms with van der Waals surface area (Å²) in [6.45, 7) is 0.390. The minimum Gasteiger partial charge on any atom is -0.344 e. The summed E-state index contributed by atoms with van der Waals surface area (Å²) in [5.74, 6) is -1.47. The van der Waals surface area contributed by atoms with Crippen molar-refractivity contribution in [3.8, 4) is 6.07 Å².